The van der Waals surface area contributed by atoms with E-state index in [1.807, 2.05) is 23.1 Å². The molecule has 10 nitrogen and oxygen atoms in total. The van der Waals surface area contributed by atoms with Crippen molar-refractivity contribution in [2.24, 2.45) is 0 Å². The number of carbonyl (C=O) groups is 2. The summed E-state index contributed by atoms with van der Waals surface area (Å²) in [5.74, 6) is -0.0270. The van der Waals surface area contributed by atoms with Crippen LogP contribution in [0.2, 0.25) is 0 Å². The number of carbonyl (C=O) groups excluding carboxylic acids is 2. The Morgan fingerprint density at radius 3 is 2.40 bits per heavy atom. The lowest BCUT2D eigenvalue weighted by Crippen LogP contribution is -2.49. The van der Waals surface area contributed by atoms with Gasteiger partial charge in [-0.05, 0) is 56.0 Å². The molecule has 6 rings (SSSR count). The standard InChI is InChI=1S/C31H37N5O5S/c37-28(35-14-12-34(13-15-35)23-6-2-1-3-7-23)21-42-31-33-27-18-22(29(38)32-19-24-8-4-16-40-24)10-11-26(27)30(39)36(31)20-25-9-5-17-41-25/h1-3,6-7,10-11,18,24-25H,4-5,8-9,12-17,19-21H2,(H,32,38)/t24-,25-/m0/s1. The molecule has 3 aliphatic heterocycles. The van der Waals surface area contributed by atoms with Gasteiger partial charge in [-0.1, -0.05) is 30.0 Å². The van der Waals surface area contributed by atoms with Gasteiger partial charge in [0.15, 0.2) is 5.16 Å². The minimum absolute atomic E-state index is 0.0213. The summed E-state index contributed by atoms with van der Waals surface area (Å²) in [6.45, 7) is 5.09. The molecule has 4 heterocycles. The van der Waals surface area contributed by atoms with E-state index in [2.05, 4.69) is 22.3 Å². The molecule has 2 aromatic carbocycles. The predicted octanol–water partition coefficient (Wildman–Crippen LogP) is 2.93. The van der Waals surface area contributed by atoms with E-state index in [1.165, 1.54) is 11.8 Å². The van der Waals surface area contributed by atoms with Crippen LogP contribution in [0.15, 0.2) is 58.5 Å². The van der Waals surface area contributed by atoms with E-state index in [4.69, 9.17) is 14.5 Å². The number of aromatic nitrogens is 2. The average Bonchev–Trinajstić information content (AvgIpc) is 3.75. The SMILES string of the molecule is O=C(NC[C@@H]1CCCO1)c1ccc2c(=O)n(C[C@@H]3CCCO3)c(SCC(=O)N3CCN(c4ccccc4)CC3)nc2c1. The number of anilines is 1. The van der Waals surface area contributed by atoms with Gasteiger partial charge < -0.3 is 24.6 Å². The maximum atomic E-state index is 13.7. The normalized spacial score (nSPS) is 20.8. The molecule has 222 valence electrons. The molecule has 0 unspecified atom stereocenters. The number of fused-ring (bicyclic) bond motifs is 1. The van der Waals surface area contributed by atoms with Gasteiger partial charge in [0.05, 0.1) is 35.4 Å². The van der Waals surface area contributed by atoms with Crippen LogP contribution in [-0.2, 0) is 20.8 Å². The van der Waals surface area contributed by atoms with Gasteiger partial charge in [0.25, 0.3) is 11.5 Å². The Labute approximate surface area is 249 Å². The van der Waals surface area contributed by atoms with Crippen molar-refractivity contribution in [2.45, 2.75) is 49.6 Å². The van der Waals surface area contributed by atoms with Crippen LogP contribution in [0.4, 0.5) is 5.69 Å². The third kappa shape index (κ3) is 6.63. The fraction of sp³-hybridized carbons (Fsp3) is 0.484. The van der Waals surface area contributed by atoms with E-state index >= 15 is 0 Å². The summed E-state index contributed by atoms with van der Waals surface area (Å²) in [5, 5.41) is 3.84. The van der Waals surface area contributed by atoms with Crippen LogP contribution >= 0.6 is 11.8 Å². The number of nitrogens with one attached hydrogen (secondary N) is 1. The molecule has 0 aliphatic carbocycles. The largest absolute Gasteiger partial charge is 0.376 e. The molecule has 3 aliphatic rings. The summed E-state index contributed by atoms with van der Waals surface area (Å²) < 4.78 is 13.1. The zero-order valence-corrected chi connectivity index (χ0v) is 24.5. The molecule has 0 bridgehead atoms. The van der Waals surface area contributed by atoms with Crippen LogP contribution in [-0.4, -0.2) is 90.2 Å². The van der Waals surface area contributed by atoms with Crippen LogP contribution in [0.1, 0.15) is 36.0 Å². The minimum Gasteiger partial charge on any atom is -0.376 e. The van der Waals surface area contributed by atoms with Gasteiger partial charge in [0.2, 0.25) is 5.91 Å². The second-order valence-electron chi connectivity index (χ2n) is 11.0. The number of piperazine rings is 1. The number of nitrogens with zero attached hydrogens (tertiary/aromatic N) is 4. The molecular formula is C31H37N5O5S. The number of hydrogen-bond acceptors (Lipinski definition) is 8. The summed E-state index contributed by atoms with van der Waals surface area (Å²) in [4.78, 5) is 48.7. The van der Waals surface area contributed by atoms with Crippen molar-refractivity contribution in [3.05, 3.63) is 64.4 Å². The molecule has 3 saturated heterocycles. The van der Waals surface area contributed by atoms with Crippen LogP contribution < -0.4 is 15.8 Å². The highest BCUT2D eigenvalue weighted by Gasteiger charge is 2.24. The number of hydrogen-bond donors (Lipinski definition) is 1. The number of ether oxygens (including phenoxy) is 2. The second-order valence-corrected chi connectivity index (χ2v) is 12.0. The lowest BCUT2D eigenvalue weighted by molar-refractivity contribution is -0.128. The number of benzene rings is 2. The first-order valence-corrected chi connectivity index (χ1v) is 15.8. The molecular weight excluding hydrogens is 554 g/mol. The van der Waals surface area contributed by atoms with Crippen LogP contribution in [0, 0.1) is 0 Å². The second kappa shape index (κ2) is 13.3. The molecule has 0 saturated carbocycles. The van der Waals surface area contributed by atoms with Gasteiger partial charge in [-0.25, -0.2) is 4.98 Å². The van der Waals surface area contributed by atoms with E-state index < -0.39 is 0 Å². The molecule has 3 aromatic rings. The Morgan fingerprint density at radius 1 is 0.952 bits per heavy atom. The molecule has 2 atom stereocenters. The van der Waals surface area contributed by atoms with Crippen molar-refractivity contribution in [3.63, 3.8) is 0 Å². The van der Waals surface area contributed by atoms with Crippen LogP contribution in [0.25, 0.3) is 10.9 Å². The quantitative estimate of drug-likeness (QED) is 0.299. The third-order valence-electron chi connectivity index (χ3n) is 8.19. The summed E-state index contributed by atoms with van der Waals surface area (Å²) in [5.41, 5.74) is 1.86. The van der Waals surface area contributed by atoms with Crippen molar-refractivity contribution >= 4 is 40.2 Å². The van der Waals surface area contributed by atoms with Crippen LogP contribution in [0.5, 0.6) is 0 Å². The zero-order chi connectivity index (χ0) is 28.9. The summed E-state index contributed by atoms with van der Waals surface area (Å²) in [6, 6.07) is 15.2. The Bertz CT molecular complexity index is 1460. The van der Waals surface area contributed by atoms with Gasteiger partial charge in [-0.15, -0.1) is 0 Å². The monoisotopic (exact) mass is 591 g/mol. The predicted molar refractivity (Wildman–Crippen MR) is 162 cm³/mol. The van der Waals surface area contributed by atoms with E-state index in [0.717, 1.165) is 51.1 Å². The van der Waals surface area contributed by atoms with E-state index in [-0.39, 0.29) is 35.3 Å². The zero-order valence-electron chi connectivity index (χ0n) is 23.7. The Hall–Kier alpha value is -3.41. The third-order valence-corrected chi connectivity index (χ3v) is 9.15. The van der Waals surface area contributed by atoms with Crippen molar-refractivity contribution in [1.29, 1.82) is 0 Å². The average molecular weight is 592 g/mol. The van der Waals surface area contributed by atoms with Crippen molar-refractivity contribution < 1.29 is 19.1 Å². The first-order chi connectivity index (χ1) is 20.5. The number of thioether (sulfide) groups is 1. The number of para-hydroxylation sites is 1. The molecule has 42 heavy (non-hydrogen) atoms. The summed E-state index contributed by atoms with van der Waals surface area (Å²) in [7, 11) is 0. The van der Waals surface area contributed by atoms with Gasteiger partial charge in [-0.2, -0.15) is 0 Å². The van der Waals surface area contributed by atoms with Crippen LogP contribution in [0.3, 0.4) is 0 Å². The van der Waals surface area contributed by atoms with E-state index in [1.54, 1.807) is 22.8 Å². The summed E-state index contributed by atoms with van der Waals surface area (Å²) >= 11 is 1.27. The van der Waals surface area contributed by atoms with Gasteiger partial charge in [-0.3, -0.25) is 19.0 Å². The molecule has 11 heteroatoms. The maximum Gasteiger partial charge on any atom is 0.262 e. The van der Waals surface area contributed by atoms with E-state index in [9.17, 15) is 14.4 Å². The van der Waals surface area contributed by atoms with Gasteiger partial charge in [0, 0.05) is 57.2 Å². The first-order valence-electron chi connectivity index (χ1n) is 14.8. The topological polar surface area (TPSA) is 106 Å². The molecule has 1 N–H and O–H groups in total. The molecule has 3 fully saturated rings. The lowest BCUT2D eigenvalue weighted by Gasteiger charge is -2.36. The van der Waals surface area contributed by atoms with E-state index in [0.29, 0.717) is 54.4 Å². The Kier molecular flexibility index (Phi) is 9.07. The highest BCUT2D eigenvalue weighted by Crippen LogP contribution is 2.23. The van der Waals surface area contributed by atoms with Gasteiger partial charge >= 0.3 is 0 Å². The molecule has 0 spiro atoms. The maximum absolute atomic E-state index is 13.7. The van der Waals surface area contributed by atoms with Crippen molar-refractivity contribution in [2.75, 3.05) is 56.6 Å². The Balaban J connectivity index is 1.17. The van der Waals surface area contributed by atoms with Gasteiger partial charge in [0.1, 0.15) is 0 Å². The first kappa shape index (κ1) is 28.7. The van der Waals surface area contributed by atoms with Crippen molar-refractivity contribution in [1.82, 2.24) is 19.8 Å². The highest BCUT2D eigenvalue weighted by atomic mass is 32.2. The lowest BCUT2D eigenvalue weighted by atomic mass is 10.1. The molecule has 1 aromatic heterocycles. The van der Waals surface area contributed by atoms with Crippen molar-refractivity contribution in [3.8, 4) is 0 Å². The molecule has 0 radical (unpaired) electrons. The summed E-state index contributed by atoms with van der Waals surface area (Å²) in [6.07, 6.45) is 3.76. The fourth-order valence-electron chi connectivity index (χ4n) is 5.79. The fourth-order valence-corrected chi connectivity index (χ4v) is 6.70. The Morgan fingerprint density at radius 2 is 1.69 bits per heavy atom. The molecule has 2 amide bonds. The number of amides is 2. The minimum atomic E-state index is -0.225. The smallest absolute Gasteiger partial charge is 0.262 e. The highest BCUT2D eigenvalue weighted by molar-refractivity contribution is 7.99. The number of rotatable bonds is 9.